The fourth-order valence-corrected chi connectivity index (χ4v) is 4.09. The molecular weight excluding hydrogens is 452 g/mol. The van der Waals surface area contributed by atoms with Crippen LogP contribution in [0.15, 0.2) is 72.4 Å². The quantitative estimate of drug-likeness (QED) is 0.333. The van der Waals surface area contributed by atoms with Gasteiger partial charge in [-0.1, -0.05) is 24.3 Å². The second kappa shape index (κ2) is 11.0. The Morgan fingerprint density at radius 3 is 2.75 bits per heavy atom. The number of hydrogen-bond donors (Lipinski definition) is 2. The van der Waals surface area contributed by atoms with E-state index in [9.17, 15) is 0 Å². The molecule has 0 amide bonds. The zero-order valence-electron chi connectivity index (χ0n) is 20.3. The van der Waals surface area contributed by atoms with Gasteiger partial charge in [0.15, 0.2) is 0 Å². The van der Waals surface area contributed by atoms with E-state index in [-0.39, 0.29) is 0 Å². The molecule has 3 N–H and O–H groups in total. The van der Waals surface area contributed by atoms with Crippen LogP contribution in [0, 0.1) is 0 Å². The van der Waals surface area contributed by atoms with E-state index in [0.717, 1.165) is 51.8 Å². The summed E-state index contributed by atoms with van der Waals surface area (Å²) in [6, 6.07) is 14.0. The topological polar surface area (TPSA) is 106 Å². The van der Waals surface area contributed by atoms with E-state index in [2.05, 4.69) is 42.3 Å². The van der Waals surface area contributed by atoms with Crippen LogP contribution in [0.3, 0.4) is 0 Å². The number of nitrogens with one attached hydrogen (secondary N) is 1. The summed E-state index contributed by atoms with van der Waals surface area (Å²) in [5, 5.41) is 3.38. The zero-order chi connectivity index (χ0) is 24.7. The number of benzene rings is 1. The molecule has 5 rings (SSSR count). The Labute approximate surface area is 210 Å². The molecule has 0 unspecified atom stereocenters. The van der Waals surface area contributed by atoms with Gasteiger partial charge in [-0.05, 0) is 36.7 Å². The summed E-state index contributed by atoms with van der Waals surface area (Å²) >= 11 is 0. The van der Waals surface area contributed by atoms with Gasteiger partial charge in [-0.25, -0.2) is 15.0 Å². The molecule has 0 spiro atoms. The lowest BCUT2D eigenvalue weighted by atomic mass is 10.1. The number of imidazole rings is 1. The molecule has 1 saturated heterocycles. The van der Waals surface area contributed by atoms with Gasteiger partial charge in [-0.3, -0.25) is 14.3 Å². The summed E-state index contributed by atoms with van der Waals surface area (Å²) in [6.45, 7) is 4.63. The summed E-state index contributed by atoms with van der Waals surface area (Å²) in [7, 11) is 1.73. The van der Waals surface area contributed by atoms with E-state index in [0.29, 0.717) is 13.2 Å². The molecule has 9 nitrogen and oxygen atoms in total. The number of fused-ring (bicyclic) bond motifs is 1. The molecule has 184 valence electrons. The van der Waals surface area contributed by atoms with Crippen molar-refractivity contribution in [2.45, 2.75) is 13.0 Å². The fourth-order valence-electron chi connectivity index (χ4n) is 4.09. The number of allylic oxidation sites excluding steroid dienone is 1. The van der Waals surface area contributed by atoms with Gasteiger partial charge in [0.05, 0.1) is 17.6 Å². The van der Waals surface area contributed by atoms with Gasteiger partial charge in [-0.2, -0.15) is 0 Å². The van der Waals surface area contributed by atoms with Crippen LogP contribution in [-0.2, 0) is 6.54 Å². The first kappa shape index (κ1) is 23.5. The minimum Gasteiger partial charge on any atom is -0.492 e. The van der Waals surface area contributed by atoms with Gasteiger partial charge in [0.25, 0.3) is 0 Å². The molecule has 36 heavy (non-hydrogen) atoms. The van der Waals surface area contributed by atoms with Gasteiger partial charge in [-0.15, -0.1) is 0 Å². The number of ether oxygens (including phenoxy) is 1. The van der Waals surface area contributed by atoms with Crippen molar-refractivity contribution in [3.63, 3.8) is 0 Å². The molecule has 1 aliphatic heterocycles. The van der Waals surface area contributed by atoms with Crippen LogP contribution in [0.5, 0.6) is 5.75 Å². The molecule has 0 bridgehead atoms. The highest BCUT2D eigenvalue weighted by molar-refractivity contribution is 6.09. The molecule has 0 saturated carbocycles. The maximum atomic E-state index is 5.92. The number of nitrogens with two attached hydrogens (primary N) is 1. The van der Waals surface area contributed by atoms with E-state index in [4.69, 9.17) is 10.5 Å². The highest BCUT2D eigenvalue weighted by Gasteiger charge is 2.13. The Morgan fingerprint density at radius 2 is 2.00 bits per heavy atom. The average Bonchev–Trinajstić information content (AvgIpc) is 3.31. The van der Waals surface area contributed by atoms with Gasteiger partial charge >= 0.3 is 0 Å². The number of rotatable bonds is 10. The van der Waals surface area contributed by atoms with Crippen molar-refractivity contribution in [3.05, 3.63) is 78.5 Å². The van der Waals surface area contributed by atoms with Crippen molar-refractivity contribution in [2.75, 3.05) is 38.6 Å². The van der Waals surface area contributed by atoms with E-state index >= 15 is 0 Å². The predicted octanol–water partition coefficient (Wildman–Crippen LogP) is 3.49. The molecule has 9 heteroatoms. The van der Waals surface area contributed by atoms with Gasteiger partial charge in [0.1, 0.15) is 30.1 Å². The Hall–Kier alpha value is -4.24. The number of hydrogen-bond acceptors (Lipinski definition) is 8. The molecule has 4 aromatic rings. The maximum absolute atomic E-state index is 5.92. The molecule has 3 aromatic heterocycles. The summed E-state index contributed by atoms with van der Waals surface area (Å²) in [5.41, 5.74) is 11.2. The molecule has 0 atom stereocenters. The van der Waals surface area contributed by atoms with Crippen molar-refractivity contribution in [2.24, 2.45) is 10.7 Å². The first-order valence-electron chi connectivity index (χ1n) is 12.1. The Morgan fingerprint density at radius 1 is 1.14 bits per heavy atom. The van der Waals surface area contributed by atoms with Crippen LogP contribution in [0.25, 0.3) is 22.6 Å². The number of pyridine rings is 1. The van der Waals surface area contributed by atoms with Gasteiger partial charge in [0.2, 0.25) is 0 Å². The second-order valence-electron chi connectivity index (χ2n) is 8.63. The summed E-state index contributed by atoms with van der Waals surface area (Å²) in [6.07, 6.45) is 9.96. The highest BCUT2D eigenvalue weighted by Crippen LogP contribution is 2.23. The molecule has 0 aliphatic carbocycles. The van der Waals surface area contributed by atoms with E-state index < -0.39 is 0 Å². The van der Waals surface area contributed by atoms with Crippen LogP contribution in [0.4, 0.5) is 5.82 Å². The number of aromatic nitrogens is 4. The third-order valence-electron chi connectivity index (χ3n) is 6.25. The predicted molar refractivity (Wildman–Crippen MR) is 143 cm³/mol. The van der Waals surface area contributed by atoms with Crippen LogP contribution in [-0.4, -0.2) is 63.8 Å². The van der Waals surface area contributed by atoms with Crippen molar-refractivity contribution in [1.29, 1.82) is 0 Å². The van der Waals surface area contributed by atoms with E-state index in [1.54, 1.807) is 25.8 Å². The monoisotopic (exact) mass is 482 g/mol. The minimum atomic E-state index is 0.631. The van der Waals surface area contributed by atoms with E-state index in [1.165, 1.54) is 19.5 Å². The molecule has 1 aliphatic rings. The van der Waals surface area contributed by atoms with Crippen molar-refractivity contribution in [1.82, 2.24) is 24.3 Å². The van der Waals surface area contributed by atoms with Crippen LogP contribution in [0.2, 0.25) is 0 Å². The number of likely N-dealkylation sites (tertiary alicyclic amines) is 1. The largest absolute Gasteiger partial charge is 0.492 e. The number of aliphatic imine (C=N–C) groups is 1. The summed E-state index contributed by atoms with van der Waals surface area (Å²) in [5.74, 6) is 1.57. The normalized spacial score (nSPS) is 14.3. The summed E-state index contributed by atoms with van der Waals surface area (Å²) in [4.78, 5) is 19.8. The lowest BCUT2D eigenvalue weighted by Crippen LogP contribution is -2.39. The first-order chi connectivity index (χ1) is 17.7. The minimum absolute atomic E-state index is 0.631. The molecule has 1 fully saturated rings. The Bertz CT molecular complexity index is 1370. The average molecular weight is 483 g/mol. The summed E-state index contributed by atoms with van der Waals surface area (Å²) < 4.78 is 7.93. The number of nitrogens with zero attached hydrogens (tertiary/aromatic N) is 6. The van der Waals surface area contributed by atoms with Crippen molar-refractivity contribution >= 4 is 23.3 Å². The number of anilines is 1. The van der Waals surface area contributed by atoms with Crippen LogP contribution in [0.1, 0.15) is 17.5 Å². The third kappa shape index (κ3) is 5.36. The zero-order valence-corrected chi connectivity index (χ0v) is 20.3. The van der Waals surface area contributed by atoms with Gasteiger partial charge in [0, 0.05) is 56.5 Å². The fraction of sp³-hybridized carbons (Fsp3) is 0.259. The molecule has 4 heterocycles. The lowest BCUT2D eigenvalue weighted by Gasteiger charge is -2.30. The maximum Gasteiger partial charge on any atom is 0.140 e. The van der Waals surface area contributed by atoms with Crippen LogP contribution < -0.4 is 15.8 Å². The Kier molecular flexibility index (Phi) is 7.18. The lowest BCUT2D eigenvalue weighted by molar-refractivity contribution is 0.147. The van der Waals surface area contributed by atoms with Gasteiger partial charge < -0.3 is 15.8 Å². The molecule has 1 aromatic carbocycles. The smallest absolute Gasteiger partial charge is 0.140 e. The second-order valence-corrected chi connectivity index (χ2v) is 8.63. The SMILES string of the molecule is CN=C/C(=C\N)c1ccc(CNc2cc(-c3cnc4cc(OCCN5CCC5)ccn34)ncn2)cc1. The van der Waals surface area contributed by atoms with E-state index in [1.807, 2.05) is 47.1 Å². The van der Waals surface area contributed by atoms with Crippen LogP contribution >= 0.6 is 0 Å². The molecular formula is C27H30N8O. The molecule has 0 radical (unpaired) electrons. The standard InChI is InChI=1S/C27H30N8O/c1-29-17-22(15-28)21-5-3-20(4-6-21)16-30-26-14-24(32-19-33-26)25-18-31-27-13-23(7-10-35(25)27)36-12-11-34-8-2-9-34/h3-7,10,13-15,17-19H,2,8-9,11-12,16,28H2,1H3,(H,30,32,33)/b22-15+,29-17?. The third-order valence-corrected chi connectivity index (χ3v) is 6.25. The van der Waals surface area contributed by atoms with Crippen molar-refractivity contribution in [3.8, 4) is 17.1 Å². The first-order valence-corrected chi connectivity index (χ1v) is 12.1. The Balaban J connectivity index is 1.24. The highest BCUT2D eigenvalue weighted by atomic mass is 16.5. The van der Waals surface area contributed by atoms with Crippen molar-refractivity contribution < 1.29 is 4.74 Å².